The van der Waals surface area contributed by atoms with Crippen molar-refractivity contribution >= 4 is 21.6 Å². The minimum Gasteiger partial charge on any atom is -0.385 e. The first-order valence-corrected chi connectivity index (χ1v) is 5.91. The minimum absolute atomic E-state index is 0.523. The molecule has 1 aromatic rings. The molecule has 1 rings (SSSR count). The van der Waals surface area contributed by atoms with Crippen LogP contribution in [0.3, 0.4) is 0 Å². The maximum Gasteiger partial charge on any atom is 0.0504 e. The third kappa shape index (κ3) is 4.22. The van der Waals surface area contributed by atoms with Crippen LogP contribution >= 0.6 is 15.9 Å². The number of halogens is 1. The van der Waals surface area contributed by atoms with E-state index in [-0.39, 0.29) is 0 Å². The Balaban J connectivity index is 2.47. The van der Waals surface area contributed by atoms with Crippen LogP contribution in [0.5, 0.6) is 0 Å². The maximum atomic E-state index is 5.09. The zero-order valence-corrected chi connectivity index (χ0v) is 11.1. The van der Waals surface area contributed by atoms with Crippen molar-refractivity contribution < 1.29 is 4.74 Å². The van der Waals surface area contributed by atoms with Crippen LogP contribution in [0.25, 0.3) is 0 Å². The molecule has 0 amide bonds. The van der Waals surface area contributed by atoms with Crippen molar-refractivity contribution in [3.05, 3.63) is 28.2 Å². The van der Waals surface area contributed by atoms with Gasteiger partial charge in [0, 0.05) is 23.8 Å². The Morgan fingerprint density at radius 1 is 1.47 bits per heavy atom. The van der Waals surface area contributed by atoms with Gasteiger partial charge in [-0.2, -0.15) is 0 Å². The Bertz CT molecular complexity index is 314. The number of benzene rings is 1. The van der Waals surface area contributed by atoms with Crippen LogP contribution in [0, 0.1) is 12.8 Å². The van der Waals surface area contributed by atoms with Crippen LogP contribution in [0.1, 0.15) is 12.5 Å². The molecule has 1 aromatic carbocycles. The molecular weight excluding hydrogens is 254 g/mol. The molecule has 3 heteroatoms. The zero-order chi connectivity index (χ0) is 11.3. The molecule has 0 fully saturated rings. The summed E-state index contributed by atoms with van der Waals surface area (Å²) in [6.07, 6.45) is 0. The minimum atomic E-state index is 0.523. The summed E-state index contributed by atoms with van der Waals surface area (Å²) < 4.78 is 6.23. The predicted molar refractivity (Wildman–Crippen MR) is 68.4 cm³/mol. The lowest BCUT2D eigenvalue weighted by Gasteiger charge is -2.13. The van der Waals surface area contributed by atoms with E-state index in [4.69, 9.17) is 4.74 Å². The Hall–Kier alpha value is -0.540. The van der Waals surface area contributed by atoms with Gasteiger partial charge in [-0.3, -0.25) is 0 Å². The van der Waals surface area contributed by atoms with Crippen LogP contribution < -0.4 is 5.32 Å². The average Bonchev–Trinajstić information content (AvgIpc) is 2.20. The number of methoxy groups -OCH3 is 1. The highest BCUT2D eigenvalue weighted by molar-refractivity contribution is 9.10. The molecular formula is C12H18BrNO. The van der Waals surface area contributed by atoms with Gasteiger partial charge in [-0.25, -0.2) is 0 Å². The van der Waals surface area contributed by atoms with Crippen molar-refractivity contribution in [1.82, 2.24) is 0 Å². The van der Waals surface area contributed by atoms with E-state index in [1.54, 1.807) is 7.11 Å². The Kier molecular flexibility index (Phi) is 5.12. The van der Waals surface area contributed by atoms with E-state index in [2.05, 4.69) is 53.3 Å². The molecule has 1 N–H and O–H groups in total. The summed E-state index contributed by atoms with van der Waals surface area (Å²) in [6.45, 7) is 5.98. The summed E-state index contributed by atoms with van der Waals surface area (Å²) in [5.41, 5.74) is 2.40. The maximum absolute atomic E-state index is 5.09. The summed E-state index contributed by atoms with van der Waals surface area (Å²) in [5.74, 6) is 0.523. The fourth-order valence-corrected chi connectivity index (χ4v) is 1.72. The first kappa shape index (κ1) is 12.5. The van der Waals surface area contributed by atoms with E-state index in [0.717, 1.165) is 23.3 Å². The SMILES string of the molecule is COCC(C)CNc1ccc(C)c(Br)c1. The van der Waals surface area contributed by atoms with Gasteiger partial charge in [0.2, 0.25) is 0 Å². The van der Waals surface area contributed by atoms with Gasteiger partial charge in [0.05, 0.1) is 6.61 Å². The quantitative estimate of drug-likeness (QED) is 0.886. The monoisotopic (exact) mass is 271 g/mol. The summed E-state index contributed by atoms with van der Waals surface area (Å²) in [5, 5.41) is 3.39. The lowest BCUT2D eigenvalue weighted by Crippen LogP contribution is -2.15. The Morgan fingerprint density at radius 3 is 2.80 bits per heavy atom. The zero-order valence-electron chi connectivity index (χ0n) is 9.51. The topological polar surface area (TPSA) is 21.3 Å². The molecule has 0 bridgehead atoms. The number of ether oxygens (including phenoxy) is 1. The van der Waals surface area contributed by atoms with E-state index in [1.807, 2.05) is 0 Å². The lowest BCUT2D eigenvalue weighted by molar-refractivity contribution is 0.164. The largest absolute Gasteiger partial charge is 0.385 e. The second-order valence-electron chi connectivity index (χ2n) is 3.91. The number of rotatable bonds is 5. The first-order chi connectivity index (χ1) is 7.13. The van der Waals surface area contributed by atoms with Gasteiger partial charge in [0.25, 0.3) is 0 Å². The number of nitrogens with one attached hydrogen (secondary N) is 1. The number of hydrogen-bond donors (Lipinski definition) is 1. The van der Waals surface area contributed by atoms with Gasteiger partial charge in [0.15, 0.2) is 0 Å². The van der Waals surface area contributed by atoms with Gasteiger partial charge in [-0.05, 0) is 30.5 Å². The number of hydrogen-bond acceptors (Lipinski definition) is 2. The smallest absolute Gasteiger partial charge is 0.0504 e. The second-order valence-corrected chi connectivity index (χ2v) is 4.76. The molecule has 0 saturated heterocycles. The van der Waals surface area contributed by atoms with Crippen molar-refractivity contribution in [2.24, 2.45) is 5.92 Å². The molecule has 0 aromatic heterocycles. The fraction of sp³-hybridized carbons (Fsp3) is 0.500. The van der Waals surface area contributed by atoms with Crippen molar-refractivity contribution in [2.45, 2.75) is 13.8 Å². The molecule has 2 nitrogen and oxygen atoms in total. The van der Waals surface area contributed by atoms with Crippen molar-refractivity contribution in [2.75, 3.05) is 25.6 Å². The van der Waals surface area contributed by atoms with E-state index in [0.29, 0.717) is 5.92 Å². The number of anilines is 1. The van der Waals surface area contributed by atoms with Crippen LogP contribution in [-0.4, -0.2) is 20.3 Å². The summed E-state index contributed by atoms with van der Waals surface area (Å²) in [6, 6.07) is 6.31. The highest BCUT2D eigenvalue weighted by Crippen LogP contribution is 2.20. The van der Waals surface area contributed by atoms with Gasteiger partial charge in [-0.15, -0.1) is 0 Å². The standard InChI is InChI=1S/C12H18BrNO/c1-9(8-15-3)7-14-11-5-4-10(2)12(13)6-11/h4-6,9,14H,7-8H2,1-3H3. The molecule has 0 aliphatic carbocycles. The first-order valence-electron chi connectivity index (χ1n) is 5.12. The molecule has 1 atom stereocenters. The fourth-order valence-electron chi connectivity index (χ4n) is 1.34. The van der Waals surface area contributed by atoms with Crippen molar-refractivity contribution in [3.63, 3.8) is 0 Å². The average molecular weight is 272 g/mol. The lowest BCUT2D eigenvalue weighted by atomic mass is 10.2. The molecule has 0 aliphatic rings. The van der Waals surface area contributed by atoms with Crippen LogP contribution in [-0.2, 0) is 4.74 Å². The molecule has 0 saturated carbocycles. The third-order valence-electron chi connectivity index (χ3n) is 2.28. The highest BCUT2D eigenvalue weighted by Gasteiger charge is 2.01. The summed E-state index contributed by atoms with van der Waals surface area (Å²) in [7, 11) is 1.74. The molecule has 15 heavy (non-hydrogen) atoms. The number of aryl methyl sites for hydroxylation is 1. The van der Waals surface area contributed by atoms with Crippen molar-refractivity contribution in [1.29, 1.82) is 0 Å². The molecule has 1 unspecified atom stereocenters. The third-order valence-corrected chi connectivity index (χ3v) is 3.13. The predicted octanol–water partition coefficient (Wildman–Crippen LogP) is 3.45. The summed E-state index contributed by atoms with van der Waals surface area (Å²) in [4.78, 5) is 0. The highest BCUT2D eigenvalue weighted by atomic mass is 79.9. The van der Waals surface area contributed by atoms with Gasteiger partial charge in [-0.1, -0.05) is 28.9 Å². The molecule has 0 radical (unpaired) electrons. The molecule has 0 spiro atoms. The van der Waals surface area contributed by atoms with E-state index in [1.165, 1.54) is 5.56 Å². The van der Waals surface area contributed by atoms with Crippen molar-refractivity contribution in [3.8, 4) is 0 Å². The van der Waals surface area contributed by atoms with Crippen LogP contribution in [0.2, 0.25) is 0 Å². The van der Waals surface area contributed by atoms with E-state index >= 15 is 0 Å². The van der Waals surface area contributed by atoms with E-state index < -0.39 is 0 Å². The van der Waals surface area contributed by atoms with Crippen LogP contribution in [0.4, 0.5) is 5.69 Å². The Morgan fingerprint density at radius 2 is 2.20 bits per heavy atom. The molecule has 0 aliphatic heterocycles. The van der Waals surface area contributed by atoms with Crippen LogP contribution in [0.15, 0.2) is 22.7 Å². The summed E-state index contributed by atoms with van der Waals surface area (Å²) >= 11 is 3.52. The van der Waals surface area contributed by atoms with Gasteiger partial charge >= 0.3 is 0 Å². The Labute approximate surface area is 100 Å². The van der Waals surface area contributed by atoms with Gasteiger partial charge < -0.3 is 10.1 Å². The van der Waals surface area contributed by atoms with Gasteiger partial charge in [0.1, 0.15) is 0 Å². The van der Waals surface area contributed by atoms with E-state index in [9.17, 15) is 0 Å². The molecule has 84 valence electrons. The normalized spacial score (nSPS) is 12.5. The molecule has 0 heterocycles. The second kappa shape index (κ2) is 6.13.